The van der Waals surface area contributed by atoms with Gasteiger partial charge in [0.15, 0.2) is 0 Å². The van der Waals surface area contributed by atoms with E-state index in [0.717, 1.165) is 10.5 Å². The van der Waals surface area contributed by atoms with Crippen molar-refractivity contribution in [3.8, 4) is 0 Å². The monoisotopic (exact) mass is 279 g/mol. The molecule has 1 fully saturated rings. The summed E-state index contributed by atoms with van der Waals surface area (Å²) in [6, 6.07) is 5.65. The molecular formula is C12H14FN5S. The highest BCUT2D eigenvalue weighted by molar-refractivity contribution is 7.99. The van der Waals surface area contributed by atoms with Gasteiger partial charge in [-0.3, -0.25) is 0 Å². The summed E-state index contributed by atoms with van der Waals surface area (Å²) >= 11 is 1.36. The molecule has 2 aromatic rings. The van der Waals surface area contributed by atoms with Gasteiger partial charge in [-0.2, -0.15) is 0 Å². The Kier molecular flexibility index (Phi) is 3.48. The van der Waals surface area contributed by atoms with Crippen LogP contribution in [0.1, 0.15) is 18.4 Å². The Morgan fingerprint density at radius 3 is 2.95 bits per heavy atom. The van der Waals surface area contributed by atoms with Gasteiger partial charge in [0.2, 0.25) is 5.16 Å². The quantitative estimate of drug-likeness (QED) is 0.903. The zero-order chi connectivity index (χ0) is 13.2. The minimum atomic E-state index is -0.229. The SMILES string of the molecule is Cn1nnnc1Sc1cc(F)cc(CNC2CC2)c1. The first kappa shape index (κ1) is 12.6. The molecule has 1 aliphatic rings. The Labute approximate surface area is 114 Å². The minimum Gasteiger partial charge on any atom is -0.310 e. The Hall–Kier alpha value is -1.47. The van der Waals surface area contributed by atoms with E-state index in [-0.39, 0.29) is 5.82 Å². The lowest BCUT2D eigenvalue weighted by Crippen LogP contribution is -2.15. The molecular weight excluding hydrogens is 265 g/mol. The van der Waals surface area contributed by atoms with E-state index in [1.807, 2.05) is 6.07 Å². The van der Waals surface area contributed by atoms with Crippen LogP contribution >= 0.6 is 11.8 Å². The molecule has 1 aromatic heterocycles. The molecule has 1 aliphatic carbocycles. The van der Waals surface area contributed by atoms with E-state index < -0.39 is 0 Å². The number of aryl methyl sites for hydroxylation is 1. The van der Waals surface area contributed by atoms with Gasteiger partial charge in [0.25, 0.3) is 0 Å². The number of halogens is 1. The molecule has 0 saturated heterocycles. The molecule has 100 valence electrons. The van der Waals surface area contributed by atoms with Crippen LogP contribution in [0.3, 0.4) is 0 Å². The van der Waals surface area contributed by atoms with Gasteiger partial charge >= 0.3 is 0 Å². The summed E-state index contributed by atoms with van der Waals surface area (Å²) < 4.78 is 15.2. The van der Waals surface area contributed by atoms with Crippen molar-refractivity contribution in [3.63, 3.8) is 0 Å². The molecule has 0 bridgehead atoms. The van der Waals surface area contributed by atoms with E-state index in [1.54, 1.807) is 17.8 Å². The van der Waals surface area contributed by atoms with Crippen LogP contribution in [-0.4, -0.2) is 26.2 Å². The standard InChI is InChI=1S/C12H14FN5S/c1-18-12(15-16-17-18)19-11-5-8(4-9(13)6-11)7-14-10-2-3-10/h4-6,10,14H,2-3,7H2,1H3. The maximum absolute atomic E-state index is 13.6. The summed E-state index contributed by atoms with van der Waals surface area (Å²) in [6.07, 6.45) is 2.45. The molecule has 1 N–H and O–H groups in total. The molecule has 0 unspecified atom stereocenters. The largest absolute Gasteiger partial charge is 0.310 e. The van der Waals surface area contributed by atoms with Gasteiger partial charge in [-0.05, 0) is 58.8 Å². The topological polar surface area (TPSA) is 55.6 Å². The average Bonchev–Trinajstić information content (AvgIpc) is 3.11. The highest BCUT2D eigenvalue weighted by Gasteiger charge is 2.20. The second kappa shape index (κ2) is 5.26. The van der Waals surface area contributed by atoms with Crippen LogP contribution in [0, 0.1) is 5.82 Å². The summed E-state index contributed by atoms with van der Waals surface area (Å²) in [7, 11) is 1.76. The zero-order valence-electron chi connectivity index (χ0n) is 10.5. The van der Waals surface area contributed by atoms with E-state index >= 15 is 0 Å². The number of hydrogen-bond acceptors (Lipinski definition) is 5. The first-order valence-corrected chi connectivity index (χ1v) is 6.95. The Morgan fingerprint density at radius 1 is 1.42 bits per heavy atom. The van der Waals surface area contributed by atoms with Gasteiger partial charge in [-0.15, -0.1) is 5.10 Å². The molecule has 1 saturated carbocycles. The van der Waals surface area contributed by atoms with Crippen LogP contribution in [0.4, 0.5) is 4.39 Å². The van der Waals surface area contributed by atoms with Crippen LogP contribution < -0.4 is 5.32 Å². The second-order valence-corrected chi connectivity index (χ2v) is 5.68. The van der Waals surface area contributed by atoms with E-state index in [1.165, 1.54) is 30.7 Å². The third kappa shape index (κ3) is 3.30. The molecule has 1 heterocycles. The lowest BCUT2D eigenvalue weighted by Gasteiger charge is -2.06. The van der Waals surface area contributed by atoms with Gasteiger partial charge < -0.3 is 5.32 Å². The molecule has 0 spiro atoms. The predicted molar refractivity (Wildman–Crippen MR) is 69.2 cm³/mol. The zero-order valence-corrected chi connectivity index (χ0v) is 11.3. The Bertz CT molecular complexity index is 581. The number of tetrazole rings is 1. The molecule has 0 atom stereocenters. The second-order valence-electron chi connectivity index (χ2n) is 4.64. The van der Waals surface area contributed by atoms with Crippen LogP contribution in [0.2, 0.25) is 0 Å². The predicted octanol–water partition coefficient (Wildman–Crippen LogP) is 1.75. The van der Waals surface area contributed by atoms with Gasteiger partial charge in [0, 0.05) is 24.5 Å². The first-order chi connectivity index (χ1) is 9.20. The van der Waals surface area contributed by atoms with Gasteiger partial charge in [0.1, 0.15) is 5.82 Å². The smallest absolute Gasteiger partial charge is 0.213 e. The minimum absolute atomic E-state index is 0.229. The molecule has 3 rings (SSSR count). The van der Waals surface area contributed by atoms with Crippen LogP contribution in [-0.2, 0) is 13.6 Å². The molecule has 1 aromatic carbocycles. The fraction of sp³-hybridized carbons (Fsp3) is 0.417. The normalized spacial score (nSPS) is 14.8. The summed E-state index contributed by atoms with van der Waals surface area (Å²) in [6.45, 7) is 0.701. The highest BCUT2D eigenvalue weighted by atomic mass is 32.2. The maximum Gasteiger partial charge on any atom is 0.213 e. The highest BCUT2D eigenvalue weighted by Crippen LogP contribution is 2.27. The van der Waals surface area contributed by atoms with E-state index in [9.17, 15) is 4.39 Å². The lowest BCUT2D eigenvalue weighted by molar-refractivity contribution is 0.615. The van der Waals surface area contributed by atoms with Gasteiger partial charge in [-0.25, -0.2) is 9.07 Å². The molecule has 7 heteroatoms. The summed E-state index contributed by atoms with van der Waals surface area (Å²) in [4.78, 5) is 0.811. The third-order valence-corrected chi connectivity index (χ3v) is 3.89. The lowest BCUT2D eigenvalue weighted by atomic mass is 10.2. The summed E-state index contributed by atoms with van der Waals surface area (Å²) in [5, 5.41) is 15.2. The number of nitrogens with zero attached hydrogens (tertiary/aromatic N) is 4. The van der Waals surface area contributed by atoms with E-state index in [2.05, 4.69) is 20.8 Å². The van der Waals surface area contributed by atoms with Crippen molar-refractivity contribution >= 4 is 11.8 Å². The fourth-order valence-electron chi connectivity index (χ4n) is 1.74. The van der Waals surface area contributed by atoms with Crippen molar-refractivity contribution in [1.82, 2.24) is 25.5 Å². The molecule has 0 amide bonds. The van der Waals surface area contributed by atoms with Crippen LogP contribution in [0.15, 0.2) is 28.3 Å². The average molecular weight is 279 g/mol. The summed E-state index contributed by atoms with van der Waals surface area (Å²) in [5.74, 6) is -0.229. The van der Waals surface area contributed by atoms with Crippen molar-refractivity contribution in [3.05, 3.63) is 29.6 Å². The van der Waals surface area contributed by atoms with Crippen molar-refractivity contribution in [1.29, 1.82) is 0 Å². The van der Waals surface area contributed by atoms with Crippen LogP contribution in [0.25, 0.3) is 0 Å². The Balaban J connectivity index is 1.74. The van der Waals surface area contributed by atoms with Crippen molar-refractivity contribution in [2.75, 3.05) is 0 Å². The van der Waals surface area contributed by atoms with Crippen molar-refractivity contribution in [2.24, 2.45) is 7.05 Å². The first-order valence-electron chi connectivity index (χ1n) is 6.14. The van der Waals surface area contributed by atoms with E-state index in [0.29, 0.717) is 17.7 Å². The van der Waals surface area contributed by atoms with Gasteiger partial charge in [-0.1, -0.05) is 0 Å². The molecule has 0 radical (unpaired) electrons. The van der Waals surface area contributed by atoms with Gasteiger partial charge in [0.05, 0.1) is 0 Å². The molecule has 19 heavy (non-hydrogen) atoms. The number of nitrogens with one attached hydrogen (secondary N) is 1. The molecule has 5 nitrogen and oxygen atoms in total. The number of rotatable bonds is 5. The Morgan fingerprint density at radius 2 is 2.26 bits per heavy atom. The number of benzene rings is 1. The van der Waals surface area contributed by atoms with Crippen molar-refractivity contribution < 1.29 is 4.39 Å². The third-order valence-electron chi connectivity index (χ3n) is 2.89. The van der Waals surface area contributed by atoms with Crippen molar-refractivity contribution in [2.45, 2.75) is 35.5 Å². The number of hydrogen-bond donors (Lipinski definition) is 1. The fourth-order valence-corrected chi connectivity index (χ4v) is 2.58. The molecule has 0 aliphatic heterocycles. The summed E-state index contributed by atoms with van der Waals surface area (Å²) in [5.41, 5.74) is 0.949. The number of aromatic nitrogens is 4. The van der Waals surface area contributed by atoms with Crippen LogP contribution in [0.5, 0.6) is 0 Å². The van der Waals surface area contributed by atoms with E-state index in [4.69, 9.17) is 0 Å². The maximum atomic E-state index is 13.6.